The van der Waals surface area contributed by atoms with Gasteiger partial charge in [0.05, 0.1) is 31.9 Å². The Morgan fingerprint density at radius 2 is 1.83 bits per heavy atom. The summed E-state index contributed by atoms with van der Waals surface area (Å²) in [6, 6.07) is 22.4. The van der Waals surface area contributed by atoms with Crippen LogP contribution < -0.4 is 10.1 Å². The number of nitrogens with zero attached hydrogens (tertiary/aromatic N) is 4. The highest BCUT2D eigenvalue weighted by Crippen LogP contribution is 2.31. The van der Waals surface area contributed by atoms with E-state index in [-0.39, 0.29) is 0 Å². The smallest absolute Gasteiger partial charge is 0.162 e. The second-order valence-corrected chi connectivity index (χ2v) is 9.11. The lowest BCUT2D eigenvalue weighted by molar-refractivity contribution is 0.0358. The summed E-state index contributed by atoms with van der Waals surface area (Å²) < 4.78 is 11.6. The summed E-state index contributed by atoms with van der Waals surface area (Å²) in [5.74, 6) is 2.27. The topological polar surface area (TPSA) is 71.9 Å². The molecule has 182 valence electrons. The number of benzene rings is 3. The van der Waals surface area contributed by atoms with Gasteiger partial charge in [-0.05, 0) is 47.9 Å². The van der Waals surface area contributed by atoms with Gasteiger partial charge < -0.3 is 14.8 Å². The number of morpholine rings is 1. The van der Waals surface area contributed by atoms with E-state index in [2.05, 4.69) is 33.4 Å². The van der Waals surface area contributed by atoms with Crippen LogP contribution in [0.25, 0.3) is 22.3 Å². The van der Waals surface area contributed by atoms with Crippen molar-refractivity contribution in [3.8, 4) is 17.1 Å². The summed E-state index contributed by atoms with van der Waals surface area (Å²) in [4.78, 5) is 16.6. The number of hydrogen-bond acceptors (Lipinski definition) is 7. The second-order valence-electron chi connectivity index (χ2n) is 9.11. The minimum absolute atomic E-state index is 0.665. The average Bonchev–Trinajstić information content (AvgIpc) is 3.40. The molecule has 6 rings (SSSR count). The van der Waals surface area contributed by atoms with Gasteiger partial charge in [-0.2, -0.15) is 0 Å². The van der Waals surface area contributed by atoms with Crippen molar-refractivity contribution in [1.82, 2.24) is 14.9 Å². The summed E-state index contributed by atoms with van der Waals surface area (Å²) in [6.07, 6.45) is 2.90. The predicted molar refractivity (Wildman–Crippen MR) is 143 cm³/mol. The third-order valence-electron chi connectivity index (χ3n) is 6.59. The number of anilines is 2. The van der Waals surface area contributed by atoms with Crippen LogP contribution in [0.15, 0.2) is 71.7 Å². The van der Waals surface area contributed by atoms with Crippen LogP contribution in [0.3, 0.4) is 0 Å². The Morgan fingerprint density at radius 3 is 2.72 bits per heavy atom. The van der Waals surface area contributed by atoms with E-state index in [4.69, 9.17) is 19.4 Å². The highest BCUT2D eigenvalue weighted by atomic mass is 16.5. The van der Waals surface area contributed by atoms with Gasteiger partial charge in [0.15, 0.2) is 5.82 Å². The molecule has 0 radical (unpaired) electrons. The second kappa shape index (κ2) is 10.4. The van der Waals surface area contributed by atoms with E-state index in [0.29, 0.717) is 12.4 Å². The van der Waals surface area contributed by atoms with Crippen molar-refractivity contribution in [3.05, 3.63) is 77.9 Å². The van der Waals surface area contributed by atoms with Crippen LogP contribution in [0.1, 0.15) is 17.5 Å². The molecule has 2 aliphatic rings. The standard InChI is InChI=1S/C29H29N5O2/c1-2-5-21(6-3-1)28-32-27-10-9-25(36-14-4-11-34-12-15-35-16-13-34)18-26(27)29(33-28)31-24-8-7-22-19-30-20-23(22)17-24/h1-3,5-10,17-18,20H,4,11-16,19H2,(H,31,32,33). The quantitative estimate of drug-likeness (QED) is 0.356. The minimum atomic E-state index is 0.665. The van der Waals surface area contributed by atoms with Gasteiger partial charge in [0, 0.05) is 42.5 Å². The number of rotatable bonds is 8. The molecular formula is C29H29N5O2. The molecule has 1 saturated heterocycles. The van der Waals surface area contributed by atoms with Crippen LogP contribution in [0.5, 0.6) is 5.75 Å². The van der Waals surface area contributed by atoms with E-state index in [0.717, 1.165) is 85.1 Å². The Kier molecular flexibility index (Phi) is 6.56. The number of ether oxygens (including phenoxy) is 2. The summed E-state index contributed by atoms with van der Waals surface area (Å²) in [6.45, 7) is 6.08. The highest BCUT2D eigenvalue weighted by Gasteiger charge is 2.14. The molecule has 3 aromatic carbocycles. The van der Waals surface area contributed by atoms with E-state index >= 15 is 0 Å². The van der Waals surface area contributed by atoms with E-state index in [9.17, 15) is 0 Å². The number of fused-ring (bicyclic) bond motifs is 2. The molecule has 0 atom stereocenters. The first-order chi connectivity index (χ1) is 17.8. The van der Waals surface area contributed by atoms with Gasteiger partial charge in [-0.15, -0.1) is 0 Å². The fourth-order valence-electron chi connectivity index (χ4n) is 4.63. The lowest BCUT2D eigenvalue weighted by atomic mass is 10.1. The lowest BCUT2D eigenvalue weighted by Crippen LogP contribution is -2.37. The fourth-order valence-corrected chi connectivity index (χ4v) is 4.63. The molecule has 0 unspecified atom stereocenters. The Balaban J connectivity index is 1.27. The molecule has 4 aromatic rings. The lowest BCUT2D eigenvalue weighted by Gasteiger charge is -2.26. The van der Waals surface area contributed by atoms with E-state index in [1.54, 1.807) is 0 Å². The molecule has 0 saturated carbocycles. The van der Waals surface area contributed by atoms with E-state index in [1.807, 2.05) is 54.7 Å². The summed E-state index contributed by atoms with van der Waals surface area (Å²) in [5.41, 5.74) is 5.21. The van der Waals surface area contributed by atoms with Gasteiger partial charge in [0.25, 0.3) is 0 Å². The van der Waals surface area contributed by atoms with E-state index in [1.165, 1.54) is 5.56 Å². The molecule has 0 spiro atoms. The largest absolute Gasteiger partial charge is 0.494 e. The maximum atomic E-state index is 6.13. The van der Waals surface area contributed by atoms with Gasteiger partial charge in [-0.25, -0.2) is 9.97 Å². The number of aromatic nitrogens is 2. The maximum Gasteiger partial charge on any atom is 0.162 e. The molecule has 2 aliphatic heterocycles. The van der Waals surface area contributed by atoms with Crippen LogP contribution in [-0.4, -0.2) is 60.5 Å². The Hall–Kier alpha value is -3.81. The van der Waals surface area contributed by atoms with Crippen molar-refractivity contribution in [2.45, 2.75) is 13.0 Å². The molecule has 0 aliphatic carbocycles. The summed E-state index contributed by atoms with van der Waals surface area (Å²) >= 11 is 0. The van der Waals surface area contributed by atoms with Gasteiger partial charge in [-0.1, -0.05) is 36.4 Å². The van der Waals surface area contributed by atoms with Crippen LogP contribution in [0.4, 0.5) is 11.5 Å². The zero-order valence-electron chi connectivity index (χ0n) is 20.2. The Morgan fingerprint density at radius 1 is 0.944 bits per heavy atom. The average molecular weight is 480 g/mol. The van der Waals surface area contributed by atoms with Crippen molar-refractivity contribution < 1.29 is 9.47 Å². The number of hydrogen-bond donors (Lipinski definition) is 1. The molecular weight excluding hydrogens is 450 g/mol. The third-order valence-corrected chi connectivity index (χ3v) is 6.59. The van der Waals surface area contributed by atoms with Crippen molar-refractivity contribution in [2.75, 3.05) is 44.8 Å². The zero-order valence-corrected chi connectivity index (χ0v) is 20.2. The molecule has 7 nitrogen and oxygen atoms in total. The normalized spacial score (nSPS) is 15.2. The molecule has 0 bridgehead atoms. The number of aliphatic imine (C=N–C) groups is 1. The Bertz CT molecular complexity index is 1380. The molecule has 36 heavy (non-hydrogen) atoms. The van der Waals surface area contributed by atoms with Crippen LogP contribution >= 0.6 is 0 Å². The van der Waals surface area contributed by atoms with Crippen LogP contribution in [0.2, 0.25) is 0 Å². The summed E-state index contributed by atoms with van der Waals surface area (Å²) in [7, 11) is 0. The SMILES string of the molecule is C1=NCc2ccc(Nc3nc(-c4ccccc4)nc4ccc(OCCCN5CCOCC5)cc34)cc21. The van der Waals surface area contributed by atoms with Gasteiger partial charge >= 0.3 is 0 Å². The maximum absolute atomic E-state index is 6.13. The minimum Gasteiger partial charge on any atom is -0.494 e. The first-order valence-electron chi connectivity index (χ1n) is 12.5. The predicted octanol–water partition coefficient (Wildman–Crippen LogP) is 5.07. The van der Waals surface area contributed by atoms with Crippen LogP contribution in [0, 0.1) is 0 Å². The van der Waals surface area contributed by atoms with E-state index < -0.39 is 0 Å². The summed E-state index contributed by atoms with van der Waals surface area (Å²) in [5, 5.41) is 4.46. The molecule has 1 aromatic heterocycles. The van der Waals surface area contributed by atoms with Gasteiger partial charge in [0.1, 0.15) is 11.6 Å². The molecule has 1 N–H and O–H groups in total. The first-order valence-corrected chi connectivity index (χ1v) is 12.5. The van der Waals surface area contributed by atoms with Crippen molar-refractivity contribution in [3.63, 3.8) is 0 Å². The molecule has 3 heterocycles. The van der Waals surface area contributed by atoms with Crippen molar-refractivity contribution in [1.29, 1.82) is 0 Å². The number of nitrogens with one attached hydrogen (secondary N) is 1. The monoisotopic (exact) mass is 479 g/mol. The molecule has 7 heteroatoms. The molecule has 1 fully saturated rings. The fraction of sp³-hybridized carbons (Fsp3) is 0.276. The highest BCUT2D eigenvalue weighted by molar-refractivity contribution is 5.94. The van der Waals surface area contributed by atoms with Gasteiger partial charge in [-0.3, -0.25) is 9.89 Å². The Labute approximate surface area is 210 Å². The van der Waals surface area contributed by atoms with Crippen molar-refractivity contribution in [2.24, 2.45) is 4.99 Å². The third kappa shape index (κ3) is 5.08. The van der Waals surface area contributed by atoms with Crippen LogP contribution in [-0.2, 0) is 11.3 Å². The zero-order chi connectivity index (χ0) is 24.2. The van der Waals surface area contributed by atoms with Gasteiger partial charge in [0.2, 0.25) is 0 Å². The van der Waals surface area contributed by atoms with Crippen molar-refractivity contribution >= 4 is 28.6 Å². The molecule has 0 amide bonds. The first kappa shape index (κ1) is 22.6.